The van der Waals surface area contributed by atoms with E-state index >= 15 is 0 Å². The number of carbonyl (C=O) groups is 1. The average molecular weight is 380 g/mol. The summed E-state index contributed by atoms with van der Waals surface area (Å²) in [5, 5.41) is 10.2. The third kappa shape index (κ3) is 4.94. The molecule has 0 aliphatic rings. The van der Waals surface area contributed by atoms with Crippen molar-refractivity contribution in [2.45, 2.75) is 52.4 Å². The van der Waals surface area contributed by atoms with Crippen molar-refractivity contribution in [3.05, 3.63) is 64.9 Å². The second-order valence-electron chi connectivity index (χ2n) is 7.28. The first-order valence-corrected chi connectivity index (χ1v) is 10.0. The Morgan fingerprint density at radius 1 is 1.11 bits per heavy atom. The maximum absolute atomic E-state index is 11.2. The maximum Gasteiger partial charge on any atom is 0.307 e. The molecule has 3 rings (SSSR count). The number of carboxylic acids is 1. The van der Waals surface area contributed by atoms with Crippen molar-refractivity contribution < 1.29 is 19.1 Å². The molecule has 0 saturated heterocycles. The van der Waals surface area contributed by atoms with Crippen LogP contribution in [0.5, 0.6) is 5.75 Å². The highest BCUT2D eigenvalue weighted by Gasteiger charge is 2.15. The molecule has 2 aromatic carbocycles. The topological polar surface area (TPSA) is 59.7 Å². The summed E-state index contributed by atoms with van der Waals surface area (Å²) in [6.45, 7) is 4.93. The monoisotopic (exact) mass is 380 g/mol. The van der Waals surface area contributed by atoms with E-state index in [2.05, 4.69) is 19.1 Å². The van der Waals surface area contributed by atoms with Gasteiger partial charge in [0.25, 0.3) is 0 Å². The van der Waals surface area contributed by atoms with E-state index in [0.29, 0.717) is 6.42 Å². The minimum atomic E-state index is -0.822. The molecule has 1 N–H and O–H groups in total. The van der Waals surface area contributed by atoms with Gasteiger partial charge in [0.1, 0.15) is 11.3 Å². The second kappa shape index (κ2) is 9.45. The zero-order valence-electron chi connectivity index (χ0n) is 16.7. The van der Waals surface area contributed by atoms with Crippen molar-refractivity contribution in [2.75, 3.05) is 6.61 Å². The zero-order valence-corrected chi connectivity index (χ0v) is 16.7. The summed E-state index contributed by atoms with van der Waals surface area (Å²) in [7, 11) is 0. The fourth-order valence-electron chi connectivity index (χ4n) is 3.52. The molecule has 0 unspecified atom stereocenters. The van der Waals surface area contributed by atoms with E-state index in [0.717, 1.165) is 52.0 Å². The van der Waals surface area contributed by atoms with E-state index in [1.54, 1.807) is 6.26 Å². The van der Waals surface area contributed by atoms with E-state index in [9.17, 15) is 9.90 Å². The van der Waals surface area contributed by atoms with Crippen molar-refractivity contribution in [2.24, 2.45) is 0 Å². The molecule has 0 bridgehead atoms. The van der Waals surface area contributed by atoms with Crippen molar-refractivity contribution in [3.63, 3.8) is 0 Å². The number of carboxylic acid groups (broad SMARTS) is 1. The van der Waals surface area contributed by atoms with E-state index in [1.807, 2.05) is 31.2 Å². The molecule has 0 spiro atoms. The van der Waals surface area contributed by atoms with Crippen LogP contribution in [0.2, 0.25) is 0 Å². The van der Waals surface area contributed by atoms with Crippen LogP contribution in [0.1, 0.15) is 54.9 Å². The first kappa shape index (κ1) is 20.0. The second-order valence-corrected chi connectivity index (χ2v) is 7.28. The molecule has 0 amide bonds. The van der Waals surface area contributed by atoms with Crippen LogP contribution in [0, 0.1) is 6.92 Å². The van der Waals surface area contributed by atoms with Gasteiger partial charge in [-0.2, -0.15) is 0 Å². The minimum Gasteiger partial charge on any atom is -0.494 e. The molecular formula is C24H28O4. The number of fused-ring (bicyclic) bond motifs is 1. The molecule has 0 saturated carbocycles. The molecule has 1 aromatic heterocycles. The first-order valence-electron chi connectivity index (χ1n) is 10.0. The van der Waals surface area contributed by atoms with Gasteiger partial charge in [-0.3, -0.25) is 4.79 Å². The summed E-state index contributed by atoms with van der Waals surface area (Å²) in [5.74, 6) is 0.0667. The molecule has 28 heavy (non-hydrogen) atoms. The Kier molecular flexibility index (Phi) is 6.75. The minimum absolute atomic E-state index is 0.0186. The summed E-state index contributed by atoms with van der Waals surface area (Å²) < 4.78 is 11.5. The predicted molar refractivity (Wildman–Crippen MR) is 111 cm³/mol. The normalized spacial score (nSPS) is 11.1. The smallest absolute Gasteiger partial charge is 0.307 e. The summed E-state index contributed by atoms with van der Waals surface area (Å²) in [6, 6.07) is 12.0. The van der Waals surface area contributed by atoms with Crippen LogP contribution in [0.15, 0.2) is 47.1 Å². The third-order valence-corrected chi connectivity index (χ3v) is 5.15. The lowest BCUT2D eigenvalue weighted by Gasteiger charge is -2.12. The maximum atomic E-state index is 11.2. The van der Waals surface area contributed by atoms with Gasteiger partial charge in [-0.05, 0) is 54.3 Å². The Morgan fingerprint density at radius 3 is 2.61 bits per heavy atom. The number of hydrogen-bond donors (Lipinski definition) is 1. The highest BCUT2D eigenvalue weighted by atomic mass is 16.5. The van der Waals surface area contributed by atoms with Crippen LogP contribution in [0.3, 0.4) is 0 Å². The number of benzene rings is 2. The van der Waals surface area contributed by atoms with Crippen LogP contribution >= 0.6 is 0 Å². The van der Waals surface area contributed by atoms with Crippen molar-refractivity contribution in [3.8, 4) is 5.75 Å². The van der Waals surface area contributed by atoms with Crippen molar-refractivity contribution >= 4 is 16.9 Å². The highest BCUT2D eigenvalue weighted by molar-refractivity contribution is 5.85. The summed E-state index contributed by atoms with van der Waals surface area (Å²) >= 11 is 0. The lowest BCUT2D eigenvalue weighted by Crippen LogP contribution is -2.05. The van der Waals surface area contributed by atoms with Crippen molar-refractivity contribution in [1.29, 1.82) is 0 Å². The standard InChI is InChI=1S/C24H28O4/c1-3-4-5-6-12-27-21-9-7-18(8-10-21)14-22-17(2)20(16-23(25)26)15-19-11-13-28-24(19)22/h7-11,13,15H,3-6,12,14,16H2,1-2H3,(H,25,26). The largest absolute Gasteiger partial charge is 0.494 e. The summed E-state index contributed by atoms with van der Waals surface area (Å²) in [6.07, 6.45) is 7.15. The molecule has 0 fully saturated rings. The fourth-order valence-corrected chi connectivity index (χ4v) is 3.52. The number of aliphatic carboxylic acids is 1. The van der Waals surface area contributed by atoms with E-state index in [-0.39, 0.29) is 6.42 Å². The Balaban J connectivity index is 1.74. The molecule has 0 atom stereocenters. The van der Waals surface area contributed by atoms with Crippen LogP contribution in [0.4, 0.5) is 0 Å². The van der Waals surface area contributed by atoms with Crippen LogP contribution < -0.4 is 4.74 Å². The molecule has 148 valence electrons. The molecular weight excluding hydrogens is 352 g/mol. The fraction of sp³-hybridized carbons (Fsp3) is 0.375. The molecule has 4 heteroatoms. The lowest BCUT2D eigenvalue weighted by molar-refractivity contribution is -0.136. The van der Waals surface area contributed by atoms with Gasteiger partial charge in [0, 0.05) is 17.4 Å². The van der Waals surface area contributed by atoms with E-state index < -0.39 is 5.97 Å². The Labute approximate surface area is 166 Å². The number of furan rings is 1. The van der Waals surface area contributed by atoms with Gasteiger partial charge < -0.3 is 14.3 Å². The third-order valence-electron chi connectivity index (χ3n) is 5.15. The molecule has 0 aliphatic heterocycles. The van der Waals surface area contributed by atoms with Gasteiger partial charge in [-0.1, -0.05) is 38.3 Å². The highest BCUT2D eigenvalue weighted by Crippen LogP contribution is 2.29. The Bertz CT molecular complexity index is 922. The van der Waals surface area contributed by atoms with Gasteiger partial charge in [0.05, 0.1) is 19.3 Å². The van der Waals surface area contributed by atoms with Gasteiger partial charge in [-0.25, -0.2) is 0 Å². The van der Waals surface area contributed by atoms with Gasteiger partial charge in [0.15, 0.2) is 0 Å². The molecule has 4 nitrogen and oxygen atoms in total. The van der Waals surface area contributed by atoms with Crippen LogP contribution in [-0.4, -0.2) is 17.7 Å². The Hall–Kier alpha value is -2.75. The average Bonchev–Trinajstić information content (AvgIpc) is 3.14. The number of ether oxygens (including phenoxy) is 1. The quantitative estimate of drug-likeness (QED) is 0.444. The lowest BCUT2D eigenvalue weighted by atomic mass is 9.93. The Morgan fingerprint density at radius 2 is 1.89 bits per heavy atom. The molecule has 0 radical (unpaired) electrons. The van der Waals surface area contributed by atoms with E-state index in [4.69, 9.17) is 9.15 Å². The van der Waals surface area contributed by atoms with Crippen LogP contribution in [0.25, 0.3) is 11.0 Å². The molecule has 1 heterocycles. The summed E-state index contributed by atoms with van der Waals surface area (Å²) in [4.78, 5) is 11.2. The predicted octanol–water partition coefficient (Wildman–Crippen LogP) is 5.92. The number of hydrogen-bond acceptors (Lipinski definition) is 3. The number of rotatable bonds is 10. The first-order chi connectivity index (χ1) is 13.6. The van der Waals surface area contributed by atoms with Crippen LogP contribution in [-0.2, 0) is 17.6 Å². The van der Waals surface area contributed by atoms with Gasteiger partial charge in [-0.15, -0.1) is 0 Å². The molecule has 0 aliphatic carbocycles. The van der Waals surface area contributed by atoms with E-state index in [1.165, 1.54) is 19.3 Å². The van der Waals surface area contributed by atoms with Gasteiger partial charge >= 0.3 is 5.97 Å². The zero-order chi connectivity index (χ0) is 19.9. The SMILES string of the molecule is CCCCCCOc1ccc(Cc2c(C)c(CC(=O)O)cc3ccoc23)cc1. The summed E-state index contributed by atoms with van der Waals surface area (Å²) in [5.41, 5.74) is 4.85. The number of unbranched alkanes of at least 4 members (excludes halogenated alkanes) is 3. The van der Waals surface area contributed by atoms with Gasteiger partial charge in [0.2, 0.25) is 0 Å². The van der Waals surface area contributed by atoms with Crippen molar-refractivity contribution in [1.82, 2.24) is 0 Å². The molecule has 3 aromatic rings.